The zero-order valence-corrected chi connectivity index (χ0v) is 19.6. The zero-order valence-electron chi connectivity index (χ0n) is 18.7. The standard InChI is InChI=1S/C23H30N4O3S/c1-13(2)18-9-15(12-24)10-19(14(3)4)21(18)27-22(28)17-8-7-16(23(5,6)29)11-20(17)31(25,26)30/h7-11,13-14,29H,1-6H3,(H,27,28)(H3,25,26,30). The number of hydrogen-bond acceptors (Lipinski definition) is 5. The summed E-state index contributed by atoms with van der Waals surface area (Å²) in [7, 11) is -3.73. The molecule has 0 saturated heterocycles. The molecule has 166 valence electrons. The van der Waals surface area contributed by atoms with Crippen molar-refractivity contribution in [3.05, 3.63) is 58.1 Å². The van der Waals surface area contributed by atoms with Gasteiger partial charge in [0.25, 0.3) is 5.91 Å². The van der Waals surface area contributed by atoms with Gasteiger partial charge >= 0.3 is 0 Å². The predicted molar refractivity (Wildman–Crippen MR) is 122 cm³/mol. The third kappa shape index (κ3) is 5.50. The van der Waals surface area contributed by atoms with Crippen molar-refractivity contribution >= 4 is 21.5 Å². The van der Waals surface area contributed by atoms with Crippen molar-refractivity contribution in [3.8, 4) is 6.07 Å². The Morgan fingerprint density at radius 2 is 1.68 bits per heavy atom. The summed E-state index contributed by atoms with van der Waals surface area (Å²) in [4.78, 5) is 13.1. The van der Waals surface area contributed by atoms with Crippen LogP contribution in [0.3, 0.4) is 0 Å². The van der Waals surface area contributed by atoms with Gasteiger partial charge in [0.05, 0.1) is 27.7 Å². The number of carbonyl (C=O) groups excluding carboxylic acids is 1. The third-order valence-corrected chi connectivity index (χ3v) is 6.06. The molecule has 2 aromatic rings. The van der Waals surface area contributed by atoms with E-state index in [-0.39, 0.29) is 22.3 Å². The highest BCUT2D eigenvalue weighted by molar-refractivity contribution is 7.90. The van der Waals surface area contributed by atoms with E-state index in [1.165, 1.54) is 12.1 Å². The lowest BCUT2D eigenvalue weighted by molar-refractivity contribution is 0.0782. The minimum Gasteiger partial charge on any atom is -0.386 e. The SMILES string of the molecule is CC(C)c1cc(C#N)cc(C(C)C)c1NC(=O)c1ccc(C(C)(C)O)cc1S(=N)(N)=O. The number of nitrogens with two attached hydrogens (primary N) is 1. The molecular weight excluding hydrogens is 412 g/mol. The molecule has 31 heavy (non-hydrogen) atoms. The van der Waals surface area contributed by atoms with Gasteiger partial charge in [-0.15, -0.1) is 0 Å². The topological polar surface area (TPSA) is 140 Å². The number of nitriles is 1. The Bertz CT molecular complexity index is 1130. The molecule has 0 radical (unpaired) electrons. The van der Waals surface area contributed by atoms with Gasteiger partial charge in [-0.25, -0.2) is 14.1 Å². The van der Waals surface area contributed by atoms with Gasteiger partial charge in [-0.05, 0) is 66.6 Å². The van der Waals surface area contributed by atoms with Crippen LogP contribution in [0.15, 0.2) is 35.2 Å². The first-order valence-corrected chi connectivity index (χ1v) is 11.6. The van der Waals surface area contributed by atoms with Gasteiger partial charge in [0, 0.05) is 5.69 Å². The Morgan fingerprint density at radius 1 is 1.16 bits per heavy atom. The summed E-state index contributed by atoms with van der Waals surface area (Å²) < 4.78 is 20.3. The van der Waals surface area contributed by atoms with Gasteiger partial charge in [-0.3, -0.25) is 4.79 Å². The highest BCUT2D eigenvalue weighted by atomic mass is 32.2. The van der Waals surface area contributed by atoms with Crippen LogP contribution in [0.5, 0.6) is 0 Å². The summed E-state index contributed by atoms with van der Waals surface area (Å²) in [5, 5.41) is 28.2. The second-order valence-electron chi connectivity index (χ2n) is 8.78. The average molecular weight is 443 g/mol. The number of nitrogens with one attached hydrogen (secondary N) is 2. The monoisotopic (exact) mass is 442 g/mol. The molecule has 7 nitrogen and oxygen atoms in total. The number of anilines is 1. The molecule has 0 heterocycles. The van der Waals surface area contributed by atoms with E-state index in [2.05, 4.69) is 11.4 Å². The minimum atomic E-state index is -3.73. The lowest BCUT2D eigenvalue weighted by Gasteiger charge is -2.22. The van der Waals surface area contributed by atoms with E-state index in [4.69, 9.17) is 9.92 Å². The third-order valence-electron chi connectivity index (χ3n) is 5.07. The van der Waals surface area contributed by atoms with Crippen LogP contribution < -0.4 is 10.5 Å². The number of amides is 1. The van der Waals surface area contributed by atoms with Crippen molar-refractivity contribution in [2.75, 3.05) is 5.32 Å². The molecule has 1 unspecified atom stereocenters. The molecule has 2 rings (SSSR count). The molecule has 8 heteroatoms. The number of carbonyl (C=O) groups is 1. The van der Waals surface area contributed by atoms with Crippen LogP contribution in [0.1, 0.15) is 86.0 Å². The highest BCUT2D eigenvalue weighted by Crippen LogP contribution is 2.35. The van der Waals surface area contributed by atoms with E-state index >= 15 is 0 Å². The summed E-state index contributed by atoms with van der Waals surface area (Å²) in [6.45, 7) is 11.0. The molecule has 1 atom stereocenters. The molecule has 0 aromatic heterocycles. The Hall–Kier alpha value is -2.73. The number of hydrogen-bond donors (Lipinski definition) is 4. The second-order valence-corrected chi connectivity index (χ2v) is 10.4. The minimum absolute atomic E-state index is 0.00396. The molecule has 0 saturated carbocycles. The average Bonchev–Trinajstić information content (AvgIpc) is 2.65. The van der Waals surface area contributed by atoms with Crippen molar-refractivity contribution in [1.29, 1.82) is 10.0 Å². The van der Waals surface area contributed by atoms with E-state index in [0.29, 0.717) is 16.8 Å². The van der Waals surface area contributed by atoms with Crippen molar-refractivity contribution < 1.29 is 14.1 Å². The lowest BCUT2D eigenvalue weighted by atomic mass is 9.90. The fraction of sp³-hybridized carbons (Fsp3) is 0.391. The van der Waals surface area contributed by atoms with Crippen molar-refractivity contribution in [1.82, 2.24) is 0 Å². The van der Waals surface area contributed by atoms with Gasteiger partial charge < -0.3 is 10.4 Å². The summed E-state index contributed by atoms with van der Waals surface area (Å²) in [5.74, 6) is -0.489. The molecule has 0 fully saturated rings. The van der Waals surface area contributed by atoms with Crippen molar-refractivity contribution in [3.63, 3.8) is 0 Å². The van der Waals surface area contributed by atoms with Crippen LogP contribution in [0, 0.1) is 16.1 Å². The quantitative estimate of drug-likeness (QED) is 0.520. The molecule has 0 aliphatic rings. The predicted octanol–water partition coefficient (Wildman–Crippen LogP) is 4.56. The van der Waals surface area contributed by atoms with E-state index in [0.717, 1.165) is 11.1 Å². The first kappa shape index (κ1) is 24.5. The molecule has 0 spiro atoms. The summed E-state index contributed by atoms with van der Waals surface area (Å²) >= 11 is 0. The van der Waals surface area contributed by atoms with Crippen LogP contribution in [-0.4, -0.2) is 15.2 Å². The lowest BCUT2D eigenvalue weighted by Crippen LogP contribution is -2.23. The van der Waals surface area contributed by atoms with Crippen LogP contribution >= 0.6 is 0 Å². The maximum Gasteiger partial charge on any atom is 0.256 e. The Kier molecular flexibility index (Phi) is 6.96. The smallest absolute Gasteiger partial charge is 0.256 e. The van der Waals surface area contributed by atoms with Gasteiger partial charge in [0.2, 0.25) is 0 Å². The van der Waals surface area contributed by atoms with Crippen molar-refractivity contribution in [2.45, 2.75) is 63.9 Å². The number of nitrogens with zero attached hydrogens (tertiary/aromatic N) is 1. The number of benzene rings is 2. The largest absolute Gasteiger partial charge is 0.386 e. The Morgan fingerprint density at radius 3 is 2.06 bits per heavy atom. The Balaban J connectivity index is 2.67. The first-order chi connectivity index (χ1) is 14.2. The molecule has 0 aliphatic carbocycles. The van der Waals surface area contributed by atoms with Crippen LogP contribution in [0.4, 0.5) is 5.69 Å². The Labute approximate surface area is 184 Å². The summed E-state index contributed by atoms with van der Waals surface area (Å²) in [6.07, 6.45) is 0. The van der Waals surface area contributed by atoms with Gasteiger partial charge in [-0.2, -0.15) is 5.26 Å². The van der Waals surface area contributed by atoms with E-state index in [1.807, 2.05) is 27.7 Å². The maximum absolute atomic E-state index is 13.2. The van der Waals surface area contributed by atoms with E-state index in [9.17, 15) is 19.4 Å². The van der Waals surface area contributed by atoms with E-state index < -0.39 is 21.4 Å². The molecule has 1 amide bonds. The molecular formula is C23H30N4O3S. The summed E-state index contributed by atoms with van der Waals surface area (Å²) in [6, 6.07) is 9.98. The van der Waals surface area contributed by atoms with E-state index in [1.54, 1.807) is 32.0 Å². The van der Waals surface area contributed by atoms with Crippen LogP contribution in [0.25, 0.3) is 0 Å². The normalized spacial score (nSPS) is 13.7. The van der Waals surface area contributed by atoms with Gasteiger partial charge in [0.1, 0.15) is 9.92 Å². The van der Waals surface area contributed by atoms with Gasteiger partial charge in [-0.1, -0.05) is 33.8 Å². The second kappa shape index (κ2) is 8.79. The first-order valence-electron chi connectivity index (χ1n) is 9.99. The molecule has 5 N–H and O–H groups in total. The highest BCUT2D eigenvalue weighted by Gasteiger charge is 2.25. The van der Waals surface area contributed by atoms with Crippen LogP contribution in [0.2, 0.25) is 0 Å². The molecule has 0 aliphatic heterocycles. The molecule has 2 aromatic carbocycles. The fourth-order valence-electron chi connectivity index (χ4n) is 3.33. The number of rotatable bonds is 6. The molecule has 0 bridgehead atoms. The van der Waals surface area contributed by atoms with Crippen molar-refractivity contribution in [2.24, 2.45) is 5.14 Å². The maximum atomic E-state index is 13.2. The zero-order chi connectivity index (χ0) is 23.7. The summed E-state index contributed by atoms with van der Waals surface area (Å²) in [5.41, 5.74) is 1.88. The van der Waals surface area contributed by atoms with Gasteiger partial charge in [0.15, 0.2) is 0 Å². The van der Waals surface area contributed by atoms with Crippen LogP contribution in [-0.2, 0) is 15.5 Å². The number of aliphatic hydroxyl groups is 1. The fourth-order valence-corrected chi connectivity index (χ4v) is 4.12.